The molecule has 10 heteroatoms. The van der Waals surface area contributed by atoms with Gasteiger partial charge in [0, 0.05) is 18.5 Å². The summed E-state index contributed by atoms with van der Waals surface area (Å²) in [5.41, 5.74) is 4.02. The number of nitrogens with zero attached hydrogens (tertiary/aromatic N) is 2. The number of rotatable bonds is 14. The SMILES string of the molecule is CCCCc1nc(Cl)c(C=C(CC2CCCCC2)C(=O)OC)n1Cc1ccc(C(C(=O)NS(=O)(=O)c2ccc(C)cc2)C2CCCC2)cc1. The van der Waals surface area contributed by atoms with Crippen LogP contribution in [0.25, 0.3) is 6.08 Å². The number of carbonyl (C=O) groups is 2. The highest BCUT2D eigenvalue weighted by Crippen LogP contribution is 2.38. The third-order valence-corrected chi connectivity index (χ3v) is 11.8. The number of imidazole rings is 1. The van der Waals surface area contributed by atoms with E-state index in [1.807, 2.05) is 37.3 Å². The van der Waals surface area contributed by atoms with E-state index in [9.17, 15) is 18.0 Å². The quantitative estimate of drug-likeness (QED) is 0.133. The summed E-state index contributed by atoms with van der Waals surface area (Å²) in [5.74, 6) is -0.0595. The number of ether oxygens (including phenoxy) is 1. The predicted octanol–water partition coefficient (Wildman–Crippen LogP) is 8.54. The fourth-order valence-corrected chi connectivity index (χ4v) is 8.69. The predicted molar refractivity (Wildman–Crippen MR) is 194 cm³/mol. The number of halogens is 1. The molecular weight excluding hydrogens is 658 g/mol. The van der Waals surface area contributed by atoms with Crippen molar-refractivity contribution in [1.82, 2.24) is 14.3 Å². The van der Waals surface area contributed by atoms with Gasteiger partial charge in [-0.25, -0.2) is 22.9 Å². The van der Waals surface area contributed by atoms with Gasteiger partial charge >= 0.3 is 5.97 Å². The molecule has 0 bridgehead atoms. The minimum absolute atomic E-state index is 0.0600. The number of amides is 1. The summed E-state index contributed by atoms with van der Waals surface area (Å²) >= 11 is 6.79. The minimum atomic E-state index is -4.01. The third-order valence-electron chi connectivity index (χ3n) is 10.2. The van der Waals surface area contributed by atoms with E-state index < -0.39 is 21.8 Å². The molecule has 2 saturated carbocycles. The van der Waals surface area contributed by atoms with Crippen molar-refractivity contribution in [3.8, 4) is 0 Å². The lowest BCUT2D eigenvalue weighted by Crippen LogP contribution is -2.37. The Bertz CT molecular complexity index is 1720. The highest BCUT2D eigenvalue weighted by Gasteiger charge is 2.34. The van der Waals surface area contributed by atoms with E-state index in [-0.39, 0.29) is 16.8 Å². The molecule has 1 amide bonds. The van der Waals surface area contributed by atoms with Gasteiger partial charge in [0.15, 0.2) is 5.15 Å². The maximum Gasteiger partial charge on any atom is 0.333 e. The van der Waals surface area contributed by atoms with Crippen molar-refractivity contribution < 1.29 is 22.7 Å². The molecule has 0 aliphatic heterocycles. The van der Waals surface area contributed by atoms with Crippen molar-refractivity contribution in [1.29, 1.82) is 0 Å². The molecule has 49 heavy (non-hydrogen) atoms. The van der Waals surface area contributed by atoms with Gasteiger partial charge in [0.05, 0.1) is 23.6 Å². The molecule has 1 heterocycles. The van der Waals surface area contributed by atoms with Gasteiger partial charge in [0.1, 0.15) is 5.82 Å². The Kier molecular flexibility index (Phi) is 12.8. The van der Waals surface area contributed by atoms with Crippen LogP contribution in [0.4, 0.5) is 0 Å². The number of esters is 1. The van der Waals surface area contributed by atoms with Crippen LogP contribution < -0.4 is 4.72 Å². The van der Waals surface area contributed by atoms with Crippen LogP contribution in [-0.2, 0) is 37.3 Å². The summed E-state index contributed by atoms with van der Waals surface area (Å²) in [4.78, 5) is 31.5. The van der Waals surface area contributed by atoms with Crippen molar-refractivity contribution in [2.24, 2.45) is 11.8 Å². The summed E-state index contributed by atoms with van der Waals surface area (Å²) in [6.45, 7) is 4.50. The van der Waals surface area contributed by atoms with Crippen LogP contribution in [0.15, 0.2) is 59.0 Å². The first-order chi connectivity index (χ1) is 23.6. The Morgan fingerprint density at radius 1 is 1.00 bits per heavy atom. The molecule has 1 N–H and O–H groups in total. The summed E-state index contributed by atoms with van der Waals surface area (Å²) in [6, 6.07) is 14.4. The molecule has 0 spiro atoms. The highest BCUT2D eigenvalue weighted by molar-refractivity contribution is 7.90. The molecule has 5 rings (SSSR count). The van der Waals surface area contributed by atoms with Gasteiger partial charge in [-0.3, -0.25) is 4.79 Å². The molecule has 2 aromatic carbocycles. The normalized spacial score (nSPS) is 16.9. The van der Waals surface area contributed by atoms with Crippen molar-refractivity contribution in [2.75, 3.05) is 7.11 Å². The second-order valence-corrected chi connectivity index (χ2v) is 15.9. The van der Waals surface area contributed by atoms with E-state index in [0.29, 0.717) is 35.3 Å². The fraction of sp³-hybridized carbons (Fsp3) is 0.513. The fourth-order valence-electron chi connectivity index (χ4n) is 7.43. The number of hydrogen-bond donors (Lipinski definition) is 1. The van der Waals surface area contributed by atoms with E-state index >= 15 is 0 Å². The number of aryl methyl sites for hydroxylation is 2. The average molecular weight is 708 g/mol. The lowest BCUT2D eigenvalue weighted by atomic mass is 9.84. The van der Waals surface area contributed by atoms with Crippen LogP contribution in [0.2, 0.25) is 5.15 Å². The van der Waals surface area contributed by atoms with Crippen molar-refractivity contribution >= 4 is 39.6 Å². The number of benzene rings is 2. The molecule has 264 valence electrons. The number of aromatic nitrogens is 2. The second-order valence-electron chi connectivity index (χ2n) is 13.8. The van der Waals surface area contributed by atoms with Gasteiger partial charge in [-0.1, -0.05) is 112 Å². The monoisotopic (exact) mass is 707 g/mol. The number of unbranched alkanes of at least 4 members (excludes halogenated alkanes) is 1. The van der Waals surface area contributed by atoms with E-state index in [1.54, 1.807) is 12.1 Å². The summed E-state index contributed by atoms with van der Waals surface area (Å²) in [6.07, 6.45) is 14.8. The zero-order valence-electron chi connectivity index (χ0n) is 29.0. The lowest BCUT2D eigenvalue weighted by Gasteiger charge is -2.23. The van der Waals surface area contributed by atoms with Gasteiger partial charge in [-0.05, 0) is 73.8 Å². The molecule has 0 saturated heterocycles. The van der Waals surface area contributed by atoms with Gasteiger partial charge in [-0.15, -0.1) is 0 Å². The first kappa shape index (κ1) is 36.8. The molecule has 1 aromatic heterocycles. The summed E-state index contributed by atoms with van der Waals surface area (Å²) in [5, 5.41) is 0.362. The maximum atomic E-state index is 13.7. The zero-order chi connectivity index (χ0) is 35.0. The molecule has 3 aromatic rings. The van der Waals surface area contributed by atoms with Gasteiger partial charge in [-0.2, -0.15) is 0 Å². The number of nitrogens with one attached hydrogen (secondary N) is 1. The van der Waals surface area contributed by atoms with Crippen LogP contribution in [-0.4, -0.2) is 37.0 Å². The first-order valence-electron chi connectivity index (χ1n) is 17.9. The third kappa shape index (κ3) is 9.43. The summed E-state index contributed by atoms with van der Waals surface area (Å²) in [7, 11) is -2.59. The van der Waals surface area contributed by atoms with Crippen molar-refractivity contribution in [2.45, 2.75) is 115 Å². The average Bonchev–Trinajstić information content (AvgIpc) is 3.72. The Balaban J connectivity index is 1.43. The number of sulfonamides is 1. The first-order valence-corrected chi connectivity index (χ1v) is 19.7. The second kappa shape index (κ2) is 17.0. The van der Waals surface area contributed by atoms with E-state index in [1.165, 1.54) is 38.5 Å². The Morgan fingerprint density at radius 2 is 1.65 bits per heavy atom. The molecular formula is C39H50ClN3O5S. The van der Waals surface area contributed by atoms with E-state index in [0.717, 1.165) is 80.3 Å². The number of methoxy groups -OCH3 is 1. The molecule has 0 radical (unpaired) electrons. The number of hydrogen-bond acceptors (Lipinski definition) is 6. The Hall–Kier alpha value is -3.43. The molecule has 2 aliphatic carbocycles. The van der Waals surface area contributed by atoms with Gasteiger partial charge in [0.25, 0.3) is 10.0 Å². The standard InChI is InChI=1S/C39H50ClN3O5S/c1-4-5-15-35-41-37(40)34(25-32(39(45)48-3)24-28-11-7-6-8-12-28)43(35)26-29-18-20-31(21-19-29)36(30-13-9-10-14-30)38(44)42-49(46,47)33-22-16-27(2)17-23-33/h16-23,25,28,30,36H,4-15,24,26H2,1-3H3,(H,42,44). The van der Waals surface area contributed by atoms with Crippen LogP contribution in [0.5, 0.6) is 0 Å². The van der Waals surface area contributed by atoms with E-state index in [2.05, 4.69) is 16.2 Å². The topological polar surface area (TPSA) is 107 Å². The van der Waals surface area contributed by atoms with Gasteiger partial charge in [0.2, 0.25) is 5.91 Å². The largest absolute Gasteiger partial charge is 0.466 e. The highest BCUT2D eigenvalue weighted by atomic mass is 35.5. The molecule has 2 aliphatic rings. The molecule has 8 nitrogen and oxygen atoms in total. The Morgan fingerprint density at radius 3 is 2.29 bits per heavy atom. The zero-order valence-corrected chi connectivity index (χ0v) is 30.6. The van der Waals surface area contributed by atoms with Crippen LogP contribution in [0.3, 0.4) is 0 Å². The minimum Gasteiger partial charge on any atom is -0.466 e. The van der Waals surface area contributed by atoms with Crippen LogP contribution >= 0.6 is 11.6 Å². The molecule has 1 unspecified atom stereocenters. The van der Waals surface area contributed by atoms with E-state index in [4.69, 9.17) is 21.3 Å². The number of carbonyl (C=O) groups excluding carboxylic acids is 2. The summed E-state index contributed by atoms with van der Waals surface area (Å²) < 4.78 is 36.0. The van der Waals surface area contributed by atoms with Crippen LogP contribution in [0.1, 0.15) is 118 Å². The molecule has 2 fully saturated rings. The van der Waals surface area contributed by atoms with Gasteiger partial charge < -0.3 is 9.30 Å². The maximum absolute atomic E-state index is 13.7. The van der Waals surface area contributed by atoms with Crippen molar-refractivity contribution in [3.05, 3.63) is 87.5 Å². The van der Waals surface area contributed by atoms with Crippen LogP contribution in [0, 0.1) is 18.8 Å². The van der Waals surface area contributed by atoms with Crippen molar-refractivity contribution in [3.63, 3.8) is 0 Å². The molecule has 1 atom stereocenters. The Labute approximate surface area is 296 Å². The smallest absolute Gasteiger partial charge is 0.333 e. The lowest BCUT2D eigenvalue weighted by molar-refractivity contribution is -0.136.